The zero-order valence-corrected chi connectivity index (χ0v) is 14.4. The zero-order chi connectivity index (χ0) is 16.8. The highest BCUT2D eigenvalue weighted by molar-refractivity contribution is 6.32. The SMILES string of the molecule is CCc1cccc(CC(=O)OC)c1COc1ccc(C)cc1Cl. The monoisotopic (exact) mass is 332 g/mol. The molecule has 0 N–H and O–H groups in total. The molecule has 0 heterocycles. The molecular weight excluding hydrogens is 312 g/mol. The van der Waals surface area contributed by atoms with Gasteiger partial charge in [0.05, 0.1) is 18.6 Å². The lowest BCUT2D eigenvalue weighted by Gasteiger charge is -2.15. The quantitative estimate of drug-likeness (QED) is 0.730. The highest BCUT2D eigenvalue weighted by Crippen LogP contribution is 2.27. The minimum atomic E-state index is -0.257. The predicted molar refractivity (Wildman–Crippen MR) is 92.1 cm³/mol. The van der Waals surface area contributed by atoms with Crippen LogP contribution in [0.4, 0.5) is 0 Å². The number of rotatable bonds is 6. The Kier molecular flexibility index (Phi) is 6.05. The lowest BCUT2D eigenvalue weighted by atomic mass is 9.98. The van der Waals surface area contributed by atoms with Crippen molar-refractivity contribution in [3.8, 4) is 5.75 Å². The summed E-state index contributed by atoms with van der Waals surface area (Å²) in [4.78, 5) is 11.6. The third-order valence-electron chi connectivity index (χ3n) is 3.77. The Balaban J connectivity index is 2.24. The van der Waals surface area contributed by atoms with Crippen LogP contribution in [0.2, 0.25) is 5.02 Å². The molecule has 0 aliphatic heterocycles. The molecule has 0 saturated heterocycles. The molecule has 2 aromatic carbocycles. The number of halogens is 1. The molecule has 2 rings (SSSR count). The Morgan fingerprint density at radius 2 is 1.91 bits per heavy atom. The number of carbonyl (C=O) groups excluding carboxylic acids is 1. The fourth-order valence-corrected chi connectivity index (χ4v) is 2.76. The first-order valence-corrected chi connectivity index (χ1v) is 7.98. The third kappa shape index (κ3) is 4.49. The summed E-state index contributed by atoms with van der Waals surface area (Å²) >= 11 is 6.22. The summed E-state index contributed by atoms with van der Waals surface area (Å²) in [6.45, 7) is 4.44. The van der Waals surface area contributed by atoms with E-state index < -0.39 is 0 Å². The van der Waals surface area contributed by atoms with E-state index in [0.717, 1.165) is 28.7 Å². The first-order valence-electron chi connectivity index (χ1n) is 7.60. The van der Waals surface area contributed by atoms with Crippen molar-refractivity contribution in [2.75, 3.05) is 7.11 Å². The Morgan fingerprint density at radius 3 is 2.57 bits per heavy atom. The molecule has 0 spiro atoms. The minimum absolute atomic E-state index is 0.241. The maximum Gasteiger partial charge on any atom is 0.309 e. The number of ether oxygens (including phenoxy) is 2. The molecule has 0 aromatic heterocycles. The molecule has 2 aromatic rings. The van der Waals surface area contributed by atoms with E-state index in [1.165, 1.54) is 7.11 Å². The molecule has 4 heteroatoms. The topological polar surface area (TPSA) is 35.5 Å². The zero-order valence-electron chi connectivity index (χ0n) is 13.7. The van der Waals surface area contributed by atoms with Gasteiger partial charge in [0.15, 0.2) is 0 Å². The van der Waals surface area contributed by atoms with Crippen molar-refractivity contribution in [3.63, 3.8) is 0 Å². The van der Waals surface area contributed by atoms with E-state index in [4.69, 9.17) is 21.1 Å². The van der Waals surface area contributed by atoms with Gasteiger partial charge in [-0.3, -0.25) is 4.79 Å². The first-order chi connectivity index (χ1) is 11.0. The third-order valence-corrected chi connectivity index (χ3v) is 4.07. The van der Waals surface area contributed by atoms with E-state index in [2.05, 4.69) is 13.0 Å². The van der Waals surface area contributed by atoms with Crippen molar-refractivity contribution >= 4 is 17.6 Å². The summed E-state index contributed by atoms with van der Waals surface area (Å²) in [5, 5.41) is 0.591. The van der Waals surface area contributed by atoms with Gasteiger partial charge in [-0.25, -0.2) is 0 Å². The van der Waals surface area contributed by atoms with Crippen molar-refractivity contribution < 1.29 is 14.3 Å². The smallest absolute Gasteiger partial charge is 0.309 e. The van der Waals surface area contributed by atoms with Crippen molar-refractivity contribution in [1.29, 1.82) is 0 Å². The van der Waals surface area contributed by atoms with Gasteiger partial charge in [0, 0.05) is 0 Å². The molecule has 3 nitrogen and oxygen atoms in total. The standard InChI is InChI=1S/C19H21ClO3/c1-4-14-6-5-7-15(11-19(21)22-3)16(14)12-23-18-9-8-13(2)10-17(18)20/h5-10H,4,11-12H2,1-3H3. The summed E-state index contributed by atoms with van der Waals surface area (Å²) < 4.78 is 10.7. The van der Waals surface area contributed by atoms with Crippen LogP contribution >= 0.6 is 11.6 Å². The van der Waals surface area contributed by atoms with Gasteiger partial charge in [-0.05, 0) is 47.7 Å². The number of aryl methyl sites for hydroxylation is 2. The van der Waals surface area contributed by atoms with Crippen molar-refractivity contribution in [3.05, 3.63) is 63.7 Å². The summed E-state index contributed by atoms with van der Waals surface area (Å²) in [6, 6.07) is 11.6. The molecule has 23 heavy (non-hydrogen) atoms. The van der Waals surface area contributed by atoms with Crippen molar-refractivity contribution in [2.45, 2.75) is 33.3 Å². The Hall–Kier alpha value is -2.00. The molecule has 0 saturated carbocycles. The molecule has 0 amide bonds. The fraction of sp³-hybridized carbons (Fsp3) is 0.316. The first kappa shape index (κ1) is 17.4. The van der Waals surface area contributed by atoms with E-state index in [9.17, 15) is 4.79 Å². The van der Waals surface area contributed by atoms with Crippen LogP contribution in [0.15, 0.2) is 36.4 Å². The van der Waals surface area contributed by atoms with Crippen LogP contribution in [-0.2, 0) is 29.0 Å². The van der Waals surface area contributed by atoms with E-state index in [1.807, 2.05) is 37.3 Å². The summed E-state index contributed by atoms with van der Waals surface area (Å²) in [5.74, 6) is 0.389. The Labute approximate surface area is 142 Å². The molecule has 0 aliphatic carbocycles. The van der Waals surface area contributed by atoms with Crippen LogP contribution in [0.1, 0.15) is 29.2 Å². The maximum atomic E-state index is 11.6. The van der Waals surface area contributed by atoms with Gasteiger partial charge in [0.2, 0.25) is 0 Å². The average Bonchev–Trinajstić information content (AvgIpc) is 2.54. The second kappa shape index (κ2) is 8.02. The molecule has 0 bridgehead atoms. The van der Waals surface area contributed by atoms with Gasteiger partial charge in [0.25, 0.3) is 0 Å². The van der Waals surface area contributed by atoms with E-state index in [-0.39, 0.29) is 12.4 Å². The molecule has 0 radical (unpaired) electrons. The number of esters is 1. The van der Waals surface area contributed by atoms with Crippen LogP contribution in [0, 0.1) is 6.92 Å². The summed E-state index contributed by atoms with van der Waals surface area (Å²) in [6.07, 6.45) is 1.11. The van der Waals surface area contributed by atoms with Gasteiger partial charge in [-0.1, -0.05) is 42.8 Å². The second-order valence-electron chi connectivity index (χ2n) is 5.38. The van der Waals surface area contributed by atoms with Crippen LogP contribution in [0.5, 0.6) is 5.75 Å². The second-order valence-corrected chi connectivity index (χ2v) is 5.79. The number of hydrogen-bond acceptors (Lipinski definition) is 3. The molecule has 0 atom stereocenters. The highest BCUT2D eigenvalue weighted by atomic mass is 35.5. The number of benzene rings is 2. The normalized spacial score (nSPS) is 10.4. The lowest BCUT2D eigenvalue weighted by molar-refractivity contribution is -0.139. The van der Waals surface area contributed by atoms with Crippen molar-refractivity contribution in [1.82, 2.24) is 0 Å². The Bertz CT molecular complexity index is 695. The van der Waals surface area contributed by atoms with E-state index in [0.29, 0.717) is 17.4 Å². The van der Waals surface area contributed by atoms with Gasteiger partial charge < -0.3 is 9.47 Å². The Morgan fingerprint density at radius 1 is 1.17 bits per heavy atom. The predicted octanol–water partition coefficient (Wildman–Crippen LogP) is 4.51. The molecule has 122 valence electrons. The molecule has 0 unspecified atom stereocenters. The van der Waals surface area contributed by atoms with Gasteiger partial charge >= 0.3 is 5.97 Å². The van der Waals surface area contributed by atoms with E-state index in [1.54, 1.807) is 0 Å². The average molecular weight is 333 g/mol. The number of carbonyl (C=O) groups is 1. The highest BCUT2D eigenvalue weighted by Gasteiger charge is 2.13. The maximum absolute atomic E-state index is 11.6. The number of hydrogen-bond donors (Lipinski definition) is 0. The van der Waals surface area contributed by atoms with Gasteiger partial charge in [0.1, 0.15) is 12.4 Å². The van der Waals surface area contributed by atoms with Crippen LogP contribution in [0.3, 0.4) is 0 Å². The minimum Gasteiger partial charge on any atom is -0.487 e. The summed E-state index contributed by atoms with van der Waals surface area (Å²) in [5.41, 5.74) is 4.20. The van der Waals surface area contributed by atoms with Crippen LogP contribution < -0.4 is 4.74 Å². The van der Waals surface area contributed by atoms with Gasteiger partial charge in [-0.2, -0.15) is 0 Å². The lowest BCUT2D eigenvalue weighted by Crippen LogP contribution is -2.10. The number of methoxy groups -OCH3 is 1. The van der Waals surface area contributed by atoms with Crippen LogP contribution in [-0.4, -0.2) is 13.1 Å². The molecular formula is C19H21ClO3. The fourth-order valence-electron chi connectivity index (χ4n) is 2.47. The summed E-state index contributed by atoms with van der Waals surface area (Å²) in [7, 11) is 1.40. The molecule has 0 fully saturated rings. The largest absolute Gasteiger partial charge is 0.487 e. The van der Waals surface area contributed by atoms with Gasteiger partial charge in [-0.15, -0.1) is 0 Å². The van der Waals surface area contributed by atoms with Crippen LogP contribution in [0.25, 0.3) is 0 Å². The van der Waals surface area contributed by atoms with E-state index >= 15 is 0 Å². The van der Waals surface area contributed by atoms with Crippen molar-refractivity contribution in [2.24, 2.45) is 0 Å². The molecule has 0 aliphatic rings.